The van der Waals surface area contributed by atoms with Crippen LogP contribution in [-0.2, 0) is 10.3 Å². The van der Waals surface area contributed by atoms with Gasteiger partial charge in [-0.3, -0.25) is 0 Å². The molecule has 142 valence electrons. The molecule has 2 N–H and O–H groups in total. The highest BCUT2D eigenvalue weighted by molar-refractivity contribution is 6.31. The second-order valence-electron chi connectivity index (χ2n) is 7.11. The minimum atomic E-state index is -0.354. The quantitative estimate of drug-likeness (QED) is 0.755. The zero-order valence-electron chi connectivity index (χ0n) is 15.0. The molecule has 0 radical (unpaired) electrons. The number of benzene rings is 2. The van der Waals surface area contributed by atoms with E-state index < -0.39 is 0 Å². The van der Waals surface area contributed by atoms with E-state index >= 15 is 0 Å². The van der Waals surface area contributed by atoms with Crippen LogP contribution in [0.4, 0.5) is 10.5 Å². The average Bonchev–Trinajstić information content (AvgIpc) is 3.24. The molecule has 0 spiro atoms. The normalized spacial score (nSPS) is 20.1. The number of carbonyl (C=O) groups excluding carboxylic acids is 1. The minimum absolute atomic E-state index is 0.188. The highest BCUT2D eigenvalue weighted by Gasteiger charge is 2.46. The van der Waals surface area contributed by atoms with Crippen LogP contribution >= 0.6 is 11.6 Å². The summed E-state index contributed by atoms with van der Waals surface area (Å²) in [4.78, 5) is 12.4. The van der Waals surface area contributed by atoms with E-state index in [-0.39, 0.29) is 17.7 Å². The van der Waals surface area contributed by atoms with E-state index in [1.54, 1.807) is 0 Å². The molecule has 2 amide bonds. The fraction of sp³-hybridized carbons (Fsp3) is 0.381. The average molecular weight is 387 g/mol. The fourth-order valence-corrected chi connectivity index (χ4v) is 3.73. The van der Waals surface area contributed by atoms with Crippen molar-refractivity contribution in [2.24, 2.45) is 0 Å². The molecule has 4 rings (SSSR count). The summed E-state index contributed by atoms with van der Waals surface area (Å²) in [6.07, 6.45) is 4.11. The summed E-state index contributed by atoms with van der Waals surface area (Å²) < 4.78 is 11.3. The van der Waals surface area contributed by atoms with Gasteiger partial charge < -0.3 is 20.1 Å². The van der Waals surface area contributed by atoms with Gasteiger partial charge in [0.2, 0.25) is 0 Å². The van der Waals surface area contributed by atoms with Gasteiger partial charge in [0, 0.05) is 17.3 Å². The Labute approximate surface area is 164 Å². The number of carbonyl (C=O) groups is 1. The number of amides is 2. The first-order valence-electron chi connectivity index (χ1n) is 9.33. The molecule has 1 aliphatic heterocycles. The molecule has 2 aliphatic rings. The highest BCUT2D eigenvalue weighted by Crippen LogP contribution is 2.47. The van der Waals surface area contributed by atoms with Gasteiger partial charge >= 0.3 is 6.03 Å². The van der Waals surface area contributed by atoms with Crippen molar-refractivity contribution < 1.29 is 14.3 Å². The molecule has 27 heavy (non-hydrogen) atoms. The number of urea groups is 1. The van der Waals surface area contributed by atoms with Crippen molar-refractivity contribution in [3.63, 3.8) is 0 Å². The summed E-state index contributed by atoms with van der Waals surface area (Å²) in [5.41, 5.74) is 1.33. The van der Waals surface area contributed by atoms with Gasteiger partial charge in [-0.15, -0.1) is 0 Å². The summed E-state index contributed by atoms with van der Waals surface area (Å²) in [6, 6.07) is 14.8. The molecule has 0 bridgehead atoms. The van der Waals surface area contributed by atoms with Gasteiger partial charge in [0.25, 0.3) is 0 Å². The molecular weight excluding hydrogens is 364 g/mol. The predicted octanol–water partition coefficient (Wildman–Crippen LogP) is 4.71. The number of hydrogen-bond acceptors (Lipinski definition) is 3. The maximum Gasteiger partial charge on any atom is 0.319 e. The van der Waals surface area contributed by atoms with Crippen molar-refractivity contribution in [2.75, 3.05) is 18.5 Å². The van der Waals surface area contributed by atoms with E-state index in [0.717, 1.165) is 43.6 Å². The van der Waals surface area contributed by atoms with E-state index in [9.17, 15) is 4.79 Å². The number of halogens is 1. The maximum atomic E-state index is 12.4. The lowest BCUT2D eigenvalue weighted by Crippen LogP contribution is -2.38. The van der Waals surface area contributed by atoms with Crippen LogP contribution in [0.5, 0.6) is 5.75 Å². The summed E-state index contributed by atoms with van der Waals surface area (Å²) >= 11 is 6.29. The van der Waals surface area contributed by atoms with Gasteiger partial charge in [-0.05, 0) is 61.6 Å². The van der Waals surface area contributed by atoms with Crippen LogP contribution in [0.2, 0.25) is 5.02 Å². The van der Waals surface area contributed by atoms with Crippen molar-refractivity contribution >= 4 is 23.3 Å². The van der Waals surface area contributed by atoms with Crippen molar-refractivity contribution in [2.45, 2.75) is 37.3 Å². The summed E-state index contributed by atoms with van der Waals surface area (Å²) in [5, 5.41) is 6.63. The molecule has 1 atom stereocenters. The molecule has 1 unspecified atom stereocenters. The Kier molecular flexibility index (Phi) is 5.23. The molecule has 1 saturated carbocycles. The van der Waals surface area contributed by atoms with E-state index in [1.165, 1.54) is 0 Å². The molecule has 1 heterocycles. The van der Waals surface area contributed by atoms with Gasteiger partial charge in [0.15, 0.2) is 0 Å². The molecule has 6 heteroatoms. The van der Waals surface area contributed by atoms with Crippen LogP contribution in [0.15, 0.2) is 48.5 Å². The Hall–Kier alpha value is -2.24. The summed E-state index contributed by atoms with van der Waals surface area (Å²) in [6.45, 7) is 1.38. The molecule has 2 aromatic carbocycles. The van der Waals surface area contributed by atoms with Gasteiger partial charge in [0.05, 0.1) is 11.6 Å². The van der Waals surface area contributed by atoms with Crippen molar-refractivity contribution in [1.82, 2.24) is 5.32 Å². The Morgan fingerprint density at radius 1 is 1.19 bits per heavy atom. The first-order valence-corrected chi connectivity index (χ1v) is 9.71. The molecular formula is C21H23ClN2O3. The molecule has 2 fully saturated rings. The van der Waals surface area contributed by atoms with E-state index in [1.807, 2.05) is 48.5 Å². The molecule has 1 aliphatic carbocycles. The molecule has 0 aromatic heterocycles. The lowest BCUT2D eigenvalue weighted by atomic mass is 10.1. The van der Waals surface area contributed by atoms with Crippen LogP contribution < -0.4 is 15.4 Å². The number of hydrogen-bond donors (Lipinski definition) is 2. The first kappa shape index (κ1) is 18.1. The monoisotopic (exact) mass is 386 g/mol. The van der Waals surface area contributed by atoms with Gasteiger partial charge in [0.1, 0.15) is 12.4 Å². The van der Waals surface area contributed by atoms with E-state index in [2.05, 4.69) is 10.6 Å². The Morgan fingerprint density at radius 3 is 2.63 bits per heavy atom. The Morgan fingerprint density at radius 2 is 1.96 bits per heavy atom. The van der Waals surface area contributed by atoms with Crippen LogP contribution in [0.25, 0.3) is 0 Å². The zero-order valence-corrected chi connectivity index (χ0v) is 15.8. The van der Waals surface area contributed by atoms with Gasteiger partial charge in [-0.25, -0.2) is 4.79 Å². The number of anilines is 1. The third kappa shape index (κ3) is 4.37. The van der Waals surface area contributed by atoms with Crippen molar-refractivity contribution in [3.8, 4) is 5.75 Å². The maximum absolute atomic E-state index is 12.4. The molecule has 1 saturated heterocycles. The van der Waals surface area contributed by atoms with Crippen LogP contribution in [-0.4, -0.2) is 25.3 Å². The van der Waals surface area contributed by atoms with E-state index in [0.29, 0.717) is 17.3 Å². The van der Waals surface area contributed by atoms with Gasteiger partial charge in [-0.2, -0.15) is 0 Å². The number of ether oxygens (including phenoxy) is 2. The van der Waals surface area contributed by atoms with Crippen LogP contribution in [0.3, 0.4) is 0 Å². The Balaban J connectivity index is 1.31. The topological polar surface area (TPSA) is 59.6 Å². The van der Waals surface area contributed by atoms with Crippen molar-refractivity contribution in [3.05, 3.63) is 59.1 Å². The fourth-order valence-electron chi connectivity index (χ4n) is 3.42. The van der Waals surface area contributed by atoms with Crippen molar-refractivity contribution in [1.29, 1.82) is 0 Å². The number of nitrogens with one attached hydrogen (secondary N) is 2. The van der Waals surface area contributed by atoms with Crippen LogP contribution in [0, 0.1) is 0 Å². The minimum Gasteiger partial charge on any atom is -0.491 e. The molecule has 2 aromatic rings. The second-order valence-corrected chi connectivity index (χ2v) is 7.52. The Bertz CT molecular complexity index is 799. The third-order valence-corrected chi connectivity index (χ3v) is 5.39. The SMILES string of the molecule is O=C(Nc1ccc(OCC2CCCO2)cc1)NC1(c2ccccc2Cl)CC1. The first-order chi connectivity index (χ1) is 13.1. The van der Waals surface area contributed by atoms with Gasteiger partial charge in [-0.1, -0.05) is 29.8 Å². The largest absolute Gasteiger partial charge is 0.491 e. The summed E-state index contributed by atoms with van der Waals surface area (Å²) in [5.74, 6) is 0.770. The highest BCUT2D eigenvalue weighted by atomic mass is 35.5. The van der Waals surface area contributed by atoms with Crippen LogP contribution in [0.1, 0.15) is 31.2 Å². The zero-order chi connectivity index (χ0) is 18.7. The summed E-state index contributed by atoms with van der Waals surface area (Å²) in [7, 11) is 0. The standard InChI is InChI=1S/C21H23ClN2O3/c22-19-6-2-1-5-18(19)21(11-12-21)24-20(25)23-15-7-9-16(10-8-15)27-14-17-4-3-13-26-17/h1-2,5-10,17H,3-4,11-14H2,(H2,23,24,25). The van der Waals surface area contributed by atoms with E-state index in [4.69, 9.17) is 21.1 Å². The second kappa shape index (κ2) is 7.79. The lowest BCUT2D eigenvalue weighted by molar-refractivity contribution is 0.0679. The third-order valence-electron chi connectivity index (χ3n) is 5.06. The predicted molar refractivity (Wildman–Crippen MR) is 105 cm³/mol. The number of rotatable bonds is 6. The lowest BCUT2D eigenvalue weighted by Gasteiger charge is -2.19. The molecule has 5 nitrogen and oxygen atoms in total. The smallest absolute Gasteiger partial charge is 0.319 e.